The lowest BCUT2D eigenvalue weighted by Gasteiger charge is -2.19. The summed E-state index contributed by atoms with van der Waals surface area (Å²) < 4.78 is 26.7. The second-order valence-corrected chi connectivity index (χ2v) is 7.27. The van der Waals surface area contributed by atoms with E-state index < -0.39 is 11.6 Å². The van der Waals surface area contributed by atoms with Crippen LogP contribution in [-0.4, -0.2) is 12.5 Å². The van der Waals surface area contributed by atoms with Crippen molar-refractivity contribution in [1.82, 2.24) is 0 Å². The standard InChI is InChI=1S/C20H24F2N2O/c1-13(17-10-7-15(21)11-18(17)22)23-12-19(25)24-16-8-5-14(6-9-16)20(2,3)4/h5-11,13,23H,12H2,1-4H3,(H,24,25)/p+1/t13-/m1/s1. The van der Waals surface area contributed by atoms with Gasteiger partial charge in [-0.3, -0.25) is 4.79 Å². The first kappa shape index (κ1) is 19.1. The Morgan fingerprint density at radius 3 is 2.32 bits per heavy atom. The SMILES string of the molecule is C[C@@H]([NH2+]CC(=O)Nc1ccc(C(C)(C)C)cc1)c1ccc(F)cc1F. The quantitative estimate of drug-likeness (QED) is 0.854. The van der Waals surface area contributed by atoms with Crippen LogP contribution in [0.4, 0.5) is 14.5 Å². The molecule has 3 nitrogen and oxygen atoms in total. The number of carbonyl (C=O) groups is 1. The zero-order valence-electron chi connectivity index (χ0n) is 15.1. The van der Waals surface area contributed by atoms with Gasteiger partial charge in [0, 0.05) is 17.3 Å². The Labute approximate surface area is 147 Å². The van der Waals surface area contributed by atoms with Gasteiger partial charge in [-0.1, -0.05) is 32.9 Å². The summed E-state index contributed by atoms with van der Waals surface area (Å²) in [6.45, 7) is 8.32. The van der Waals surface area contributed by atoms with Gasteiger partial charge in [0.15, 0.2) is 6.54 Å². The minimum absolute atomic E-state index is 0.0605. The van der Waals surface area contributed by atoms with E-state index in [1.54, 1.807) is 12.2 Å². The third-order valence-electron chi connectivity index (χ3n) is 4.14. The molecule has 0 radical (unpaired) electrons. The molecule has 0 bridgehead atoms. The van der Waals surface area contributed by atoms with Crippen molar-refractivity contribution < 1.29 is 18.9 Å². The Kier molecular flexibility index (Phi) is 5.90. The fraction of sp³-hybridized carbons (Fsp3) is 0.350. The van der Waals surface area contributed by atoms with E-state index >= 15 is 0 Å². The number of anilines is 1. The fourth-order valence-electron chi connectivity index (χ4n) is 2.55. The molecule has 5 heteroatoms. The van der Waals surface area contributed by atoms with E-state index in [4.69, 9.17) is 0 Å². The number of quaternary nitrogens is 1. The van der Waals surface area contributed by atoms with Crippen LogP contribution in [0, 0.1) is 11.6 Å². The van der Waals surface area contributed by atoms with Gasteiger partial charge < -0.3 is 10.6 Å². The summed E-state index contributed by atoms with van der Waals surface area (Å²) in [7, 11) is 0. The highest BCUT2D eigenvalue weighted by Crippen LogP contribution is 2.23. The molecular weight excluding hydrogens is 322 g/mol. The van der Waals surface area contributed by atoms with Gasteiger partial charge >= 0.3 is 0 Å². The number of amides is 1. The van der Waals surface area contributed by atoms with E-state index in [0.29, 0.717) is 5.56 Å². The molecule has 0 saturated carbocycles. The number of carbonyl (C=O) groups excluding carboxylic acids is 1. The summed E-state index contributed by atoms with van der Waals surface area (Å²) in [5.74, 6) is -1.37. The fourth-order valence-corrected chi connectivity index (χ4v) is 2.55. The van der Waals surface area contributed by atoms with Gasteiger partial charge in [-0.2, -0.15) is 0 Å². The van der Waals surface area contributed by atoms with Crippen molar-refractivity contribution >= 4 is 11.6 Å². The van der Waals surface area contributed by atoms with Crippen molar-refractivity contribution in [3.8, 4) is 0 Å². The van der Waals surface area contributed by atoms with Gasteiger partial charge in [0.25, 0.3) is 5.91 Å². The topological polar surface area (TPSA) is 45.7 Å². The number of hydrogen-bond donors (Lipinski definition) is 2. The highest BCUT2D eigenvalue weighted by molar-refractivity contribution is 5.91. The average molecular weight is 347 g/mol. The Bertz CT molecular complexity index is 736. The van der Waals surface area contributed by atoms with Crippen LogP contribution in [0.3, 0.4) is 0 Å². The minimum Gasteiger partial charge on any atom is -0.332 e. The van der Waals surface area contributed by atoms with Gasteiger partial charge in [0.1, 0.15) is 17.7 Å². The molecule has 0 fully saturated rings. The Morgan fingerprint density at radius 1 is 1.12 bits per heavy atom. The largest absolute Gasteiger partial charge is 0.332 e. The van der Waals surface area contributed by atoms with E-state index in [1.807, 2.05) is 24.3 Å². The molecular formula is C20H25F2N2O+. The minimum atomic E-state index is -0.607. The molecule has 0 aliphatic heterocycles. The zero-order chi connectivity index (χ0) is 18.6. The highest BCUT2D eigenvalue weighted by atomic mass is 19.1. The second kappa shape index (κ2) is 7.74. The van der Waals surface area contributed by atoms with Crippen molar-refractivity contribution in [2.75, 3.05) is 11.9 Å². The van der Waals surface area contributed by atoms with Crippen molar-refractivity contribution in [2.45, 2.75) is 39.2 Å². The van der Waals surface area contributed by atoms with Crippen molar-refractivity contribution in [2.24, 2.45) is 0 Å². The maximum Gasteiger partial charge on any atom is 0.279 e. The van der Waals surface area contributed by atoms with Gasteiger partial charge in [0.05, 0.1) is 0 Å². The van der Waals surface area contributed by atoms with Crippen LogP contribution < -0.4 is 10.6 Å². The predicted molar refractivity (Wildman–Crippen MR) is 95.3 cm³/mol. The highest BCUT2D eigenvalue weighted by Gasteiger charge is 2.17. The maximum atomic E-state index is 13.7. The van der Waals surface area contributed by atoms with E-state index in [0.717, 1.165) is 11.8 Å². The molecule has 3 N–H and O–H groups in total. The molecule has 0 aromatic heterocycles. The third kappa shape index (κ3) is 5.36. The van der Waals surface area contributed by atoms with Crippen LogP contribution in [0.2, 0.25) is 0 Å². The molecule has 0 unspecified atom stereocenters. The number of nitrogens with one attached hydrogen (secondary N) is 1. The average Bonchev–Trinajstić information content (AvgIpc) is 2.52. The first-order valence-electron chi connectivity index (χ1n) is 8.35. The van der Waals surface area contributed by atoms with Crippen LogP contribution in [0.15, 0.2) is 42.5 Å². The summed E-state index contributed by atoms with van der Waals surface area (Å²) in [4.78, 5) is 12.1. The lowest BCUT2D eigenvalue weighted by molar-refractivity contribution is -0.682. The summed E-state index contributed by atoms with van der Waals surface area (Å²) >= 11 is 0. The Balaban J connectivity index is 1.90. The van der Waals surface area contributed by atoms with Gasteiger partial charge in [0.2, 0.25) is 0 Å². The molecule has 0 heterocycles. The van der Waals surface area contributed by atoms with Crippen LogP contribution in [0.25, 0.3) is 0 Å². The number of nitrogens with two attached hydrogens (primary N) is 1. The number of benzene rings is 2. The lowest BCUT2D eigenvalue weighted by Crippen LogP contribution is -2.86. The zero-order valence-corrected chi connectivity index (χ0v) is 15.1. The van der Waals surface area contributed by atoms with Crippen molar-refractivity contribution in [1.29, 1.82) is 0 Å². The van der Waals surface area contributed by atoms with E-state index in [2.05, 4.69) is 26.1 Å². The van der Waals surface area contributed by atoms with Crippen molar-refractivity contribution in [3.63, 3.8) is 0 Å². The molecule has 1 atom stereocenters. The van der Waals surface area contributed by atoms with Crippen molar-refractivity contribution in [3.05, 3.63) is 65.2 Å². The van der Waals surface area contributed by atoms with Gasteiger partial charge in [-0.25, -0.2) is 8.78 Å². The molecule has 0 spiro atoms. The Hall–Kier alpha value is -2.27. The molecule has 0 aliphatic rings. The first-order valence-corrected chi connectivity index (χ1v) is 8.35. The van der Waals surface area contributed by atoms with Crippen LogP contribution in [0.5, 0.6) is 0 Å². The lowest BCUT2D eigenvalue weighted by atomic mass is 9.87. The number of hydrogen-bond acceptors (Lipinski definition) is 1. The molecule has 1 amide bonds. The van der Waals surface area contributed by atoms with E-state index in [-0.39, 0.29) is 23.9 Å². The van der Waals surface area contributed by atoms with Crippen LogP contribution in [0.1, 0.15) is 44.9 Å². The molecule has 25 heavy (non-hydrogen) atoms. The molecule has 0 aliphatic carbocycles. The molecule has 0 saturated heterocycles. The van der Waals surface area contributed by atoms with Gasteiger partial charge in [-0.05, 0) is 42.2 Å². The van der Waals surface area contributed by atoms with Gasteiger partial charge in [-0.15, -0.1) is 0 Å². The molecule has 134 valence electrons. The van der Waals surface area contributed by atoms with Crippen LogP contribution in [-0.2, 0) is 10.2 Å². The monoisotopic (exact) mass is 347 g/mol. The number of halogens is 2. The first-order chi connectivity index (χ1) is 11.7. The molecule has 2 aromatic rings. The molecule has 2 aromatic carbocycles. The van der Waals surface area contributed by atoms with E-state index in [1.165, 1.54) is 17.7 Å². The van der Waals surface area contributed by atoms with E-state index in [9.17, 15) is 13.6 Å². The molecule has 2 rings (SSSR count). The predicted octanol–water partition coefficient (Wildman–Crippen LogP) is 3.53. The number of rotatable bonds is 5. The smallest absolute Gasteiger partial charge is 0.279 e. The van der Waals surface area contributed by atoms with Crippen LogP contribution >= 0.6 is 0 Å². The normalized spacial score (nSPS) is 12.7. The summed E-state index contributed by atoms with van der Waals surface area (Å²) in [5, 5.41) is 4.54. The summed E-state index contributed by atoms with van der Waals surface area (Å²) in [6, 6.07) is 11.0. The maximum absolute atomic E-state index is 13.7. The second-order valence-electron chi connectivity index (χ2n) is 7.27. The third-order valence-corrected chi connectivity index (χ3v) is 4.14. The summed E-state index contributed by atoms with van der Waals surface area (Å²) in [6.07, 6.45) is 0. The summed E-state index contributed by atoms with van der Waals surface area (Å²) in [5.41, 5.74) is 2.36. The Morgan fingerprint density at radius 2 is 1.76 bits per heavy atom.